The summed E-state index contributed by atoms with van der Waals surface area (Å²) in [5, 5.41) is 0. The Kier molecular flexibility index (Phi) is 3.92. The van der Waals surface area contributed by atoms with Crippen molar-refractivity contribution in [2.45, 2.75) is 51.6 Å². The molecule has 4 fully saturated rings. The normalized spacial score (nSPS) is 34.3. The molecule has 4 nitrogen and oxygen atoms in total. The highest BCUT2D eigenvalue weighted by Crippen LogP contribution is 2.60. The van der Waals surface area contributed by atoms with E-state index >= 15 is 0 Å². The number of hydrogen-bond acceptors (Lipinski definition) is 4. The van der Waals surface area contributed by atoms with Crippen LogP contribution in [0.1, 0.15) is 51.0 Å². The molecule has 0 radical (unpaired) electrons. The summed E-state index contributed by atoms with van der Waals surface area (Å²) < 4.78 is 11.3. The number of carbonyl (C=O) groups is 2. The molecular formula is C23H26O4. The summed E-state index contributed by atoms with van der Waals surface area (Å²) in [6.07, 6.45) is 8.01. The summed E-state index contributed by atoms with van der Waals surface area (Å²) >= 11 is 0. The van der Waals surface area contributed by atoms with Crippen molar-refractivity contribution in [3.05, 3.63) is 35.4 Å². The SMILES string of the molecule is CC(OC(=O)C1=Cc2ccccc2OC1)C(=O)C12CC3CC(CC(C3)C1)C2. The fourth-order valence-electron chi connectivity index (χ4n) is 6.37. The van der Waals surface area contributed by atoms with Crippen LogP contribution in [0.25, 0.3) is 6.08 Å². The quantitative estimate of drug-likeness (QED) is 0.750. The van der Waals surface area contributed by atoms with Gasteiger partial charge in [-0.3, -0.25) is 4.79 Å². The average molecular weight is 366 g/mol. The number of hydrogen-bond donors (Lipinski definition) is 0. The molecule has 1 aromatic carbocycles. The first-order valence-electron chi connectivity index (χ1n) is 10.2. The molecule has 5 aliphatic rings. The number of esters is 1. The van der Waals surface area contributed by atoms with Crippen molar-refractivity contribution < 1.29 is 19.1 Å². The molecule has 1 aromatic rings. The summed E-state index contributed by atoms with van der Waals surface area (Å²) in [6.45, 7) is 1.94. The van der Waals surface area contributed by atoms with Crippen LogP contribution in [0.3, 0.4) is 0 Å². The minimum absolute atomic E-state index is 0.146. The fourth-order valence-corrected chi connectivity index (χ4v) is 6.37. The maximum absolute atomic E-state index is 13.3. The van der Waals surface area contributed by atoms with Gasteiger partial charge in [0.05, 0.1) is 5.57 Å². The van der Waals surface area contributed by atoms with E-state index in [1.54, 1.807) is 6.92 Å². The molecule has 1 unspecified atom stereocenters. The summed E-state index contributed by atoms with van der Waals surface area (Å²) in [5.74, 6) is 2.59. The van der Waals surface area contributed by atoms with Crippen LogP contribution >= 0.6 is 0 Å². The van der Waals surface area contributed by atoms with Crippen molar-refractivity contribution in [1.82, 2.24) is 0 Å². The van der Waals surface area contributed by atoms with Crippen LogP contribution in [0.2, 0.25) is 0 Å². The second-order valence-electron chi connectivity index (χ2n) is 9.11. The Bertz CT molecular complexity index is 786. The molecule has 0 aromatic heterocycles. The molecule has 4 aliphatic carbocycles. The predicted octanol–water partition coefficient (Wildman–Crippen LogP) is 4.18. The Balaban J connectivity index is 1.29. The maximum Gasteiger partial charge on any atom is 0.338 e. The lowest BCUT2D eigenvalue weighted by Crippen LogP contribution is -2.52. The maximum atomic E-state index is 13.3. The summed E-state index contributed by atoms with van der Waals surface area (Å²) in [7, 11) is 0. The Morgan fingerprint density at radius 2 is 1.70 bits per heavy atom. The minimum atomic E-state index is -0.688. The number of ether oxygens (including phenoxy) is 2. The van der Waals surface area contributed by atoms with E-state index in [9.17, 15) is 9.59 Å². The number of fused-ring (bicyclic) bond motifs is 1. The number of Topliss-reactive ketones (excluding diaryl/α,β-unsaturated/α-hetero) is 1. The van der Waals surface area contributed by atoms with E-state index in [1.165, 1.54) is 19.3 Å². The number of benzene rings is 1. The highest BCUT2D eigenvalue weighted by Gasteiger charge is 2.55. The molecule has 4 saturated carbocycles. The van der Waals surface area contributed by atoms with Crippen molar-refractivity contribution in [3.8, 4) is 5.75 Å². The van der Waals surface area contributed by atoms with Gasteiger partial charge >= 0.3 is 5.97 Å². The van der Waals surface area contributed by atoms with Crippen LogP contribution in [0.15, 0.2) is 29.8 Å². The summed E-state index contributed by atoms with van der Waals surface area (Å²) in [5.41, 5.74) is 1.10. The zero-order valence-corrected chi connectivity index (χ0v) is 15.8. The van der Waals surface area contributed by atoms with Gasteiger partial charge in [-0.25, -0.2) is 4.79 Å². The molecule has 4 bridgehead atoms. The Morgan fingerprint density at radius 1 is 1.07 bits per heavy atom. The third kappa shape index (κ3) is 2.90. The van der Waals surface area contributed by atoms with Gasteiger partial charge in [0.15, 0.2) is 11.9 Å². The zero-order chi connectivity index (χ0) is 18.6. The van der Waals surface area contributed by atoms with Gasteiger partial charge in [0.25, 0.3) is 0 Å². The molecule has 142 valence electrons. The van der Waals surface area contributed by atoms with Crippen molar-refractivity contribution in [3.63, 3.8) is 0 Å². The lowest BCUT2D eigenvalue weighted by Gasteiger charge is -2.56. The summed E-state index contributed by atoms with van der Waals surface area (Å²) in [6, 6.07) is 7.60. The second kappa shape index (κ2) is 6.22. The van der Waals surface area contributed by atoms with Gasteiger partial charge < -0.3 is 9.47 Å². The van der Waals surface area contributed by atoms with Crippen molar-refractivity contribution in [2.24, 2.45) is 23.2 Å². The third-order valence-corrected chi connectivity index (χ3v) is 7.11. The topological polar surface area (TPSA) is 52.6 Å². The smallest absolute Gasteiger partial charge is 0.338 e. The van der Waals surface area contributed by atoms with Crippen molar-refractivity contribution in [1.29, 1.82) is 0 Å². The van der Waals surface area contributed by atoms with Gasteiger partial charge in [-0.2, -0.15) is 0 Å². The fraction of sp³-hybridized carbons (Fsp3) is 0.565. The van der Waals surface area contributed by atoms with Crippen LogP contribution in [0.4, 0.5) is 0 Å². The Labute approximate surface area is 159 Å². The Hall–Kier alpha value is -2.10. The molecule has 0 amide bonds. The number of para-hydroxylation sites is 1. The van der Waals surface area contributed by atoms with Crippen LogP contribution in [-0.2, 0) is 14.3 Å². The Morgan fingerprint density at radius 3 is 2.37 bits per heavy atom. The van der Waals surface area contributed by atoms with Gasteiger partial charge in [-0.15, -0.1) is 0 Å². The molecule has 0 N–H and O–H groups in total. The van der Waals surface area contributed by atoms with Crippen LogP contribution in [0.5, 0.6) is 5.75 Å². The van der Waals surface area contributed by atoms with Crippen LogP contribution < -0.4 is 4.74 Å². The molecular weight excluding hydrogens is 340 g/mol. The van der Waals surface area contributed by atoms with E-state index in [-0.39, 0.29) is 17.8 Å². The standard InChI is InChI=1S/C23H26O4/c1-14(21(24)23-10-15-6-16(11-23)8-17(7-15)12-23)27-22(25)19-9-18-4-2-3-5-20(18)26-13-19/h2-5,9,14-17H,6-8,10-13H2,1H3. The monoisotopic (exact) mass is 366 g/mol. The molecule has 27 heavy (non-hydrogen) atoms. The van der Waals surface area contributed by atoms with Crippen LogP contribution in [-0.4, -0.2) is 24.5 Å². The van der Waals surface area contributed by atoms with E-state index < -0.39 is 12.1 Å². The van der Waals surface area contributed by atoms with E-state index in [4.69, 9.17) is 9.47 Å². The summed E-state index contributed by atoms with van der Waals surface area (Å²) in [4.78, 5) is 25.9. The van der Waals surface area contributed by atoms with E-state index in [0.29, 0.717) is 23.3 Å². The zero-order valence-electron chi connectivity index (χ0n) is 15.8. The second-order valence-corrected chi connectivity index (χ2v) is 9.11. The largest absolute Gasteiger partial charge is 0.488 e. The lowest BCUT2D eigenvalue weighted by atomic mass is 9.48. The number of ketones is 1. The van der Waals surface area contributed by atoms with Crippen molar-refractivity contribution in [2.75, 3.05) is 6.61 Å². The first-order chi connectivity index (χ1) is 13.0. The first-order valence-corrected chi connectivity index (χ1v) is 10.2. The third-order valence-electron chi connectivity index (χ3n) is 7.11. The molecule has 1 atom stereocenters. The first kappa shape index (κ1) is 17.0. The van der Waals surface area contributed by atoms with Gasteiger partial charge in [0.1, 0.15) is 12.4 Å². The van der Waals surface area contributed by atoms with Gasteiger partial charge in [0.2, 0.25) is 0 Å². The van der Waals surface area contributed by atoms with E-state index in [1.807, 2.05) is 30.3 Å². The average Bonchev–Trinajstić information content (AvgIpc) is 2.65. The highest BCUT2D eigenvalue weighted by atomic mass is 16.5. The van der Waals surface area contributed by atoms with Gasteiger partial charge in [0, 0.05) is 11.0 Å². The number of carbonyl (C=O) groups excluding carboxylic acids is 2. The van der Waals surface area contributed by atoms with Gasteiger partial charge in [-0.05, 0) is 75.3 Å². The van der Waals surface area contributed by atoms with Crippen molar-refractivity contribution >= 4 is 17.8 Å². The predicted molar refractivity (Wildman–Crippen MR) is 101 cm³/mol. The minimum Gasteiger partial charge on any atom is -0.488 e. The van der Waals surface area contributed by atoms with E-state index in [2.05, 4.69) is 0 Å². The molecule has 1 heterocycles. The van der Waals surface area contributed by atoms with E-state index in [0.717, 1.165) is 30.6 Å². The molecule has 4 heteroatoms. The molecule has 1 aliphatic heterocycles. The molecule has 0 saturated heterocycles. The molecule has 0 spiro atoms. The number of rotatable bonds is 4. The van der Waals surface area contributed by atoms with Crippen LogP contribution in [0, 0.1) is 23.2 Å². The highest BCUT2D eigenvalue weighted by molar-refractivity contribution is 5.98. The van der Waals surface area contributed by atoms with Gasteiger partial charge in [-0.1, -0.05) is 18.2 Å². The lowest BCUT2D eigenvalue weighted by molar-refractivity contribution is -0.162. The molecule has 6 rings (SSSR count).